The van der Waals surface area contributed by atoms with Crippen LogP contribution in [0.3, 0.4) is 0 Å². The minimum atomic E-state index is -0.245. The van der Waals surface area contributed by atoms with E-state index >= 15 is 0 Å². The van der Waals surface area contributed by atoms with Crippen molar-refractivity contribution in [2.24, 2.45) is 4.99 Å². The van der Waals surface area contributed by atoms with E-state index in [2.05, 4.69) is 10.2 Å². The zero-order valence-corrected chi connectivity index (χ0v) is 20.1. The smallest absolute Gasteiger partial charge is 0.409 e. The van der Waals surface area contributed by atoms with Crippen molar-refractivity contribution in [3.05, 3.63) is 23.8 Å². The first-order chi connectivity index (χ1) is 13.6. The first-order valence-electron chi connectivity index (χ1n) is 9.87. The van der Waals surface area contributed by atoms with Gasteiger partial charge in [0.25, 0.3) is 0 Å². The van der Waals surface area contributed by atoms with Gasteiger partial charge in [-0.1, -0.05) is 6.07 Å². The second kappa shape index (κ2) is 13.3. The van der Waals surface area contributed by atoms with Crippen LogP contribution in [0.25, 0.3) is 0 Å². The molecule has 1 fully saturated rings. The third-order valence-corrected chi connectivity index (χ3v) is 4.38. The van der Waals surface area contributed by atoms with Crippen molar-refractivity contribution in [3.8, 4) is 11.5 Å². The first-order valence-corrected chi connectivity index (χ1v) is 9.87. The molecule has 0 bridgehead atoms. The number of benzene rings is 1. The molecule has 0 saturated carbocycles. The average molecular weight is 520 g/mol. The molecule has 1 aromatic carbocycles. The molecule has 29 heavy (non-hydrogen) atoms. The number of hydrogen-bond donors (Lipinski definition) is 1. The molecule has 0 unspecified atom stereocenters. The Hall–Kier alpha value is -1.91. The van der Waals surface area contributed by atoms with Crippen molar-refractivity contribution in [1.29, 1.82) is 0 Å². The number of methoxy groups -OCH3 is 1. The molecule has 1 aromatic rings. The molecule has 164 valence electrons. The third-order valence-electron chi connectivity index (χ3n) is 4.38. The highest BCUT2D eigenvalue weighted by atomic mass is 127. The lowest BCUT2D eigenvalue weighted by molar-refractivity contribution is 0.0914. The van der Waals surface area contributed by atoms with Gasteiger partial charge in [-0.15, -0.1) is 24.0 Å². The molecule has 0 spiro atoms. The molecule has 9 heteroatoms. The Kier molecular flexibility index (Phi) is 11.6. The standard InChI is InChI=1S/C20H32N4O4.HI/c1-5-21-19(23-10-12-24(13-11-23)20(25)28-7-3)22-15-16-8-9-17(27-6-2)18(14-16)26-4;/h8-9,14H,5-7,10-13,15H2,1-4H3,(H,21,22);1H. The van der Waals surface area contributed by atoms with E-state index in [4.69, 9.17) is 19.2 Å². The van der Waals surface area contributed by atoms with Crippen molar-refractivity contribution >= 4 is 36.0 Å². The van der Waals surface area contributed by atoms with Gasteiger partial charge in [0, 0.05) is 32.7 Å². The highest BCUT2D eigenvalue weighted by molar-refractivity contribution is 14.0. The van der Waals surface area contributed by atoms with Crippen LogP contribution < -0.4 is 14.8 Å². The lowest BCUT2D eigenvalue weighted by atomic mass is 10.2. The number of hydrogen-bond acceptors (Lipinski definition) is 5. The lowest BCUT2D eigenvalue weighted by Crippen LogP contribution is -2.53. The fourth-order valence-corrected chi connectivity index (χ4v) is 2.99. The molecule has 1 heterocycles. The molecule has 1 aliphatic rings. The number of nitrogens with zero attached hydrogens (tertiary/aromatic N) is 3. The molecular formula is C20H33IN4O4. The molecule has 1 saturated heterocycles. The third kappa shape index (κ3) is 7.45. The maximum atomic E-state index is 11.9. The zero-order chi connectivity index (χ0) is 20.4. The van der Waals surface area contributed by atoms with Gasteiger partial charge >= 0.3 is 6.09 Å². The van der Waals surface area contributed by atoms with Crippen LogP contribution in [0.4, 0.5) is 4.79 Å². The minimum Gasteiger partial charge on any atom is -0.493 e. The van der Waals surface area contributed by atoms with Gasteiger partial charge < -0.3 is 29.3 Å². The monoisotopic (exact) mass is 520 g/mol. The summed E-state index contributed by atoms with van der Waals surface area (Å²) in [6, 6.07) is 5.87. The number of rotatable bonds is 7. The van der Waals surface area contributed by atoms with Crippen LogP contribution in [0, 0.1) is 0 Å². The van der Waals surface area contributed by atoms with Gasteiger partial charge in [-0.25, -0.2) is 9.79 Å². The van der Waals surface area contributed by atoms with Crippen molar-refractivity contribution in [3.63, 3.8) is 0 Å². The maximum Gasteiger partial charge on any atom is 0.409 e. The Morgan fingerprint density at radius 3 is 2.34 bits per heavy atom. The van der Waals surface area contributed by atoms with Crippen LogP contribution in [0.1, 0.15) is 26.3 Å². The van der Waals surface area contributed by atoms with E-state index in [1.165, 1.54) is 0 Å². The van der Waals surface area contributed by atoms with Crippen LogP contribution in [-0.4, -0.2) is 74.9 Å². The second-order valence-corrected chi connectivity index (χ2v) is 6.26. The SMILES string of the molecule is CCNC(=NCc1ccc(OCC)c(OC)c1)N1CCN(C(=O)OCC)CC1.I. The summed E-state index contributed by atoms with van der Waals surface area (Å²) in [5.74, 6) is 2.29. The molecule has 0 aromatic heterocycles. The van der Waals surface area contributed by atoms with E-state index in [0.29, 0.717) is 38.6 Å². The first kappa shape index (κ1) is 25.1. The summed E-state index contributed by atoms with van der Waals surface area (Å²) in [4.78, 5) is 20.5. The summed E-state index contributed by atoms with van der Waals surface area (Å²) in [5, 5.41) is 3.34. The zero-order valence-electron chi connectivity index (χ0n) is 17.8. The molecule has 0 radical (unpaired) electrons. The van der Waals surface area contributed by atoms with Crippen LogP contribution in [0.2, 0.25) is 0 Å². The number of guanidine groups is 1. The van der Waals surface area contributed by atoms with Crippen molar-refractivity contribution in [2.75, 3.05) is 53.0 Å². The van der Waals surface area contributed by atoms with E-state index in [1.807, 2.05) is 39.0 Å². The van der Waals surface area contributed by atoms with E-state index < -0.39 is 0 Å². The summed E-state index contributed by atoms with van der Waals surface area (Å²) in [5.41, 5.74) is 1.04. The maximum absolute atomic E-state index is 11.9. The lowest BCUT2D eigenvalue weighted by Gasteiger charge is -2.35. The number of carbonyl (C=O) groups is 1. The summed E-state index contributed by atoms with van der Waals surface area (Å²) >= 11 is 0. The van der Waals surface area contributed by atoms with Crippen molar-refractivity contribution < 1.29 is 19.0 Å². The van der Waals surface area contributed by atoms with E-state index in [1.54, 1.807) is 12.0 Å². The highest BCUT2D eigenvalue weighted by Gasteiger charge is 2.23. The fraction of sp³-hybridized carbons (Fsp3) is 0.600. The van der Waals surface area contributed by atoms with Gasteiger partial charge in [0.2, 0.25) is 0 Å². The van der Waals surface area contributed by atoms with Crippen LogP contribution in [-0.2, 0) is 11.3 Å². The number of nitrogens with one attached hydrogen (secondary N) is 1. The topological polar surface area (TPSA) is 75.6 Å². The molecule has 1 aliphatic heterocycles. The predicted octanol–water partition coefficient (Wildman–Crippen LogP) is 2.95. The predicted molar refractivity (Wildman–Crippen MR) is 125 cm³/mol. The Labute approximate surface area is 190 Å². The molecule has 8 nitrogen and oxygen atoms in total. The highest BCUT2D eigenvalue weighted by Crippen LogP contribution is 2.28. The van der Waals surface area contributed by atoms with Gasteiger partial charge in [0.15, 0.2) is 17.5 Å². The normalized spacial score (nSPS) is 14.1. The van der Waals surface area contributed by atoms with Gasteiger partial charge in [0.1, 0.15) is 0 Å². The minimum absolute atomic E-state index is 0. The molecule has 0 atom stereocenters. The van der Waals surface area contributed by atoms with E-state index in [0.717, 1.165) is 36.9 Å². The molecule has 1 N–H and O–H groups in total. The van der Waals surface area contributed by atoms with E-state index in [-0.39, 0.29) is 30.1 Å². The van der Waals surface area contributed by atoms with Crippen molar-refractivity contribution in [2.45, 2.75) is 27.3 Å². The summed E-state index contributed by atoms with van der Waals surface area (Å²) in [6.07, 6.45) is -0.245. The number of carbonyl (C=O) groups excluding carboxylic acids is 1. The van der Waals surface area contributed by atoms with Crippen molar-refractivity contribution in [1.82, 2.24) is 15.1 Å². The van der Waals surface area contributed by atoms with Gasteiger partial charge in [-0.2, -0.15) is 0 Å². The number of halogens is 1. The number of amides is 1. The fourth-order valence-electron chi connectivity index (χ4n) is 2.99. The van der Waals surface area contributed by atoms with Crippen LogP contribution >= 0.6 is 24.0 Å². The largest absolute Gasteiger partial charge is 0.493 e. The summed E-state index contributed by atoms with van der Waals surface area (Å²) in [6.45, 7) is 10.8. The summed E-state index contributed by atoms with van der Waals surface area (Å²) in [7, 11) is 1.64. The average Bonchev–Trinajstić information content (AvgIpc) is 2.72. The number of ether oxygens (including phenoxy) is 3. The number of piperazine rings is 1. The molecular weight excluding hydrogens is 487 g/mol. The Morgan fingerprint density at radius 2 is 1.76 bits per heavy atom. The number of aliphatic imine (C=N–C) groups is 1. The molecule has 1 amide bonds. The van der Waals surface area contributed by atoms with E-state index in [9.17, 15) is 4.79 Å². The Bertz CT molecular complexity index is 664. The van der Waals surface area contributed by atoms with Gasteiger partial charge in [-0.3, -0.25) is 0 Å². The van der Waals surface area contributed by atoms with Crippen LogP contribution in [0.15, 0.2) is 23.2 Å². The Balaban J connectivity index is 0.00000420. The quantitative estimate of drug-likeness (QED) is 0.339. The Morgan fingerprint density at radius 1 is 1.07 bits per heavy atom. The van der Waals surface area contributed by atoms with Gasteiger partial charge in [-0.05, 0) is 38.5 Å². The molecule has 0 aliphatic carbocycles. The molecule has 2 rings (SSSR count). The second-order valence-electron chi connectivity index (χ2n) is 6.26. The summed E-state index contributed by atoms with van der Waals surface area (Å²) < 4.78 is 16.1. The van der Waals surface area contributed by atoms with Gasteiger partial charge in [0.05, 0.1) is 26.9 Å². The van der Waals surface area contributed by atoms with Crippen LogP contribution in [0.5, 0.6) is 11.5 Å².